The summed E-state index contributed by atoms with van der Waals surface area (Å²) in [7, 11) is 0. The first-order chi connectivity index (χ1) is 9.38. The van der Waals surface area contributed by atoms with E-state index in [2.05, 4.69) is 35.8 Å². The Bertz CT molecular complexity index is 304. The smallest absolute Gasteiger partial charge is 0.248 e. The lowest BCUT2D eigenvalue weighted by Gasteiger charge is -2.02. The van der Waals surface area contributed by atoms with Gasteiger partial charge in [0.2, 0.25) is 0 Å². The number of imidazole rings is 1. The molecule has 0 atom stereocenters. The van der Waals surface area contributed by atoms with Gasteiger partial charge < -0.3 is 0 Å². The van der Waals surface area contributed by atoms with Crippen molar-refractivity contribution < 1.29 is 4.57 Å². The molecule has 0 fully saturated rings. The molecule has 0 amide bonds. The monoisotopic (exact) mass is 264 g/mol. The molecule has 0 aliphatic carbocycles. The van der Waals surface area contributed by atoms with E-state index >= 15 is 0 Å². The van der Waals surface area contributed by atoms with E-state index in [9.17, 15) is 0 Å². The van der Waals surface area contributed by atoms with Gasteiger partial charge in [-0.1, -0.05) is 58.8 Å². The molecule has 0 spiro atoms. The second-order valence-electron chi connectivity index (χ2n) is 5.53. The topological polar surface area (TPSA) is 19.7 Å². The molecule has 0 unspecified atom stereocenters. The standard InChI is InChI=1S/C17H31N2/c1-3-5-7-8-9-10-11-12-13-17-18-14-16-19(17)15-6-4-2/h14,16H,2-13,15H2,1H3/p+1. The van der Waals surface area contributed by atoms with Crippen LogP contribution < -0.4 is 4.57 Å². The van der Waals surface area contributed by atoms with Crippen molar-refractivity contribution in [3.8, 4) is 0 Å². The summed E-state index contributed by atoms with van der Waals surface area (Å²) in [5.41, 5.74) is 0. The molecule has 1 radical (unpaired) electrons. The first kappa shape index (κ1) is 16.3. The maximum absolute atomic E-state index is 3.91. The average Bonchev–Trinajstić information content (AvgIpc) is 2.87. The van der Waals surface area contributed by atoms with Crippen molar-refractivity contribution >= 4 is 0 Å². The van der Waals surface area contributed by atoms with Gasteiger partial charge in [-0.05, 0) is 19.3 Å². The largest absolute Gasteiger partial charge is 0.254 e. The summed E-state index contributed by atoms with van der Waals surface area (Å²) in [6.45, 7) is 7.30. The van der Waals surface area contributed by atoms with E-state index in [1.54, 1.807) is 0 Å². The molecule has 1 heterocycles. The summed E-state index contributed by atoms with van der Waals surface area (Å²) in [6, 6.07) is 0. The van der Waals surface area contributed by atoms with Gasteiger partial charge in [0.1, 0.15) is 12.4 Å². The Morgan fingerprint density at radius 2 is 1.68 bits per heavy atom. The first-order valence-corrected chi connectivity index (χ1v) is 8.23. The SMILES string of the molecule is [CH2]CCC[n+]1cc[nH]c1CCCCCCCCCC. The molecule has 109 valence electrons. The first-order valence-electron chi connectivity index (χ1n) is 8.23. The van der Waals surface area contributed by atoms with Crippen LogP contribution in [-0.4, -0.2) is 4.98 Å². The summed E-state index contributed by atoms with van der Waals surface area (Å²) < 4.78 is 2.35. The normalized spacial score (nSPS) is 11.1. The zero-order valence-corrected chi connectivity index (χ0v) is 12.8. The number of nitrogens with zero attached hydrogens (tertiary/aromatic N) is 1. The molecule has 0 bridgehead atoms. The van der Waals surface area contributed by atoms with Crippen LogP contribution in [0.5, 0.6) is 0 Å². The summed E-state index contributed by atoms with van der Waals surface area (Å²) in [5, 5.41) is 0. The zero-order valence-electron chi connectivity index (χ0n) is 12.8. The molecule has 0 aliphatic rings. The van der Waals surface area contributed by atoms with Crippen LogP contribution >= 0.6 is 0 Å². The van der Waals surface area contributed by atoms with Gasteiger partial charge in [-0.2, -0.15) is 0 Å². The Morgan fingerprint density at radius 1 is 1.00 bits per heavy atom. The molecular weight excluding hydrogens is 232 g/mol. The van der Waals surface area contributed by atoms with E-state index < -0.39 is 0 Å². The number of rotatable bonds is 12. The maximum Gasteiger partial charge on any atom is 0.254 e. The highest BCUT2D eigenvalue weighted by Crippen LogP contribution is 2.09. The lowest BCUT2D eigenvalue weighted by molar-refractivity contribution is -0.703. The van der Waals surface area contributed by atoms with E-state index in [0.29, 0.717) is 0 Å². The zero-order chi connectivity index (χ0) is 13.8. The van der Waals surface area contributed by atoms with Crippen molar-refractivity contribution in [2.45, 2.75) is 84.1 Å². The average molecular weight is 264 g/mol. The number of hydrogen-bond acceptors (Lipinski definition) is 0. The minimum absolute atomic E-state index is 1.02. The minimum atomic E-state index is 1.02. The quantitative estimate of drug-likeness (QED) is 0.420. The molecule has 1 aromatic rings. The van der Waals surface area contributed by atoms with Crippen LogP contribution in [0.3, 0.4) is 0 Å². The molecule has 0 saturated heterocycles. The maximum atomic E-state index is 3.91. The third-order valence-electron chi connectivity index (χ3n) is 3.77. The Hall–Kier alpha value is -0.790. The highest BCUT2D eigenvalue weighted by atomic mass is 15.1. The molecule has 1 rings (SSSR count). The number of aryl methyl sites for hydroxylation is 2. The van der Waals surface area contributed by atoms with Crippen LogP contribution in [0.1, 0.15) is 77.0 Å². The molecule has 1 aromatic heterocycles. The molecular formula is C17H32N2+. The van der Waals surface area contributed by atoms with Gasteiger partial charge in [0.15, 0.2) is 0 Å². The molecule has 1 N–H and O–H groups in total. The van der Waals surface area contributed by atoms with Crippen molar-refractivity contribution in [2.24, 2.45) is 0 Å². The predicted octanol–water partition coefficient (Wildman–Crippen LogP) is 4.60. The van der Waals surface area contributed by atoms with Gasteiger partial charge in [-0.15, -0.1) is 0 Å². The van der Waals surface area contributed by atoms with Crippen LogP contribution in [0, 0.1) is 6.92 Å². The molecule has 0 saturated carbocycles. The van der Waals surface area contributed by atoms with Crippen LogP contribution in [0.25, 0.3) is 0 Å². The molecule has 2 heteroatoms. The fourth-order valence-corrected chi connectivity index (χ4v) is 2.53. The van der Waals surface area contributed by atoms with E-state index in [0.717, 1.165) is 13.0 Å². The van der Waals surface area contributed by atoms with Crippen LogP contribution in [0.2, 0.25) is 0 Å². The van der Waals surface area contributed by atoms with Gasteiger partial charge >= 0.3 is 0 Å². The minimum Gasteiger partial charge on any atom is -0.248 e. The van der Waals surface area contributed by atoms with Gasteiger partial charge in [0.05, 0.1) is 6.54 Å². The molecule has 0 aromatic carbocycles. The highest BCUT2D eigenvalue weighted by Gasteiger charge is 2.08. The lowest BCUT2D eigenvalue weighted by Crippen LogP contribution is -2.36. The van der Waals surface area contributed by atoms with E-state index in [1.165, 1.54) is 70.0 Å². The fraction of sp³-hybridized carbons (Fsp3) is 0.765. The second-order valence-corrected chi connectivity index (χ2v) is 5.53. The Labute approximate surface area is 119 Å². The van der Waals surface area contributed by atoms with Crippen molar-refractivity contribution in [2.75, 3.05) is 0 Å². The van der Waals surface area contributed by atoms with Gasteiger partial charge in [0.25, 0.3) is 5.82 Å². The third kappa shape index (κ3) is 7.39. The lowest BCUT2D eigenvalue weighted by atomic mass is 10.1. The number of H-pyrrole nitrogens is 1. The predicted molar refractivity (Wildman–Crippen MR) is 81.9 cm³/mol. The number of nitrogens with one attached hydrogen (secondary N) is 1. The Kier molecular flexibility index (Phi) is 9.48. The third-order valence-corrected chi connectivity index (χ3v) is 3.77. The molecule has 2 nitrogen and oxygen atoms in total. The van der Waals surface area contributed by atoms with Gasteiger partial charge in [-0.3, -0.25) is 0 Å². The Morgan fingerprint density at radius 3 is 2.37 bits per heavy atom. The number of unbranched alkanes of at least 4 members (excludes halogenated alkanes) is 8. The van der Waals surface area contributed by atoms with Crippen molar-refractivity contribution in [3.63, 3.8) is 0 Å². The van der Waals surface area contributed by atoms with E-state index in [4.69, 9.17) is 0 Å². The summed E-state index contributed by atoms with van der Waals surface area (Å²) >= 11 is 0. The van der Waals surface area contributed by atoms with E-state index in [-0.39, 0.29) is 0 Å². The summed E-state index contributed by atoms with van der Waals surface area (Å²) in [6.07, 6.45) is 18.8. The molecule has 19 heavy (non-hydrogen) atoms. The fourth-order valence-electron chi connectivity index (χ4n) is 2.53. The number of aromatic nitrogens is 2. The van der Waals surface area contributed by atoms with Crippen LogP contribution in [0.15, 0.2) is 12.4 Å². The van der Waals surface area contributed by atoms with Crippen LogP contribution in [0.4, 0.5) is 0 Å². The number of aromatic amines is 1. The van der Waals surface area contributed by atoms with E-state index in [1.807, 2.05) is 0 Å². The van der Waals surface area contributed by atoms with Gasteiger partial charge in [0, 0.05) is 6.42 Å². The summed E-state index contributed by atoms with van der Waals surface area (Å²) in [4.78, 5) is 3.38. The summed E-state index contributed by atoms with van der Waals surface area (Å²) in [5.74, 6) is 1.39. The molecule has 0 aliphatic heterocycles. The van der Waals surface area contributed by atoms with Gasteiger partial charge in [-0.25, -0.2) is 9.55 Å². The highest BCUT2D eigenvalue weighted by molar-refractivity contribution is 4.77. The second kappa shape index (κ2) is 11.1. The van der Waals surface area contributed by atoms with Crippen molar-refractivity contribution in [3.05, 3.63) is 25.1 Å². The Balaban J connectivity index is 2.04. The van der Waals surface area contributed by atoms with Crippen molar-refractivity contribution in [1.82, 2.24) is 4.98 Å². The van der Waals surface area contributed by atoms with Crippen LogP contribution in [-0.2, 0) is 13.0 Å². The van der Waals surface area contributed by atoms with Crippen molar-refractivity contribution in [1.29, 1.82) is 0 Å². The number of hydrogen-bond donors (Lipinski definition) is 1.